The van der Waals surface area contributed by atoms with Gasteiger partial charge in [-0.2, -0.15) is 13.2 Å². The van der Waals surface area contributed by atoms with E-state index >= 15 is 0 Å². The van der Waals surface area contributed by atoms with Crippen molar-refractivity contribution in [3.05, 3.63) is 94.3 Å². The van der Waals surface area contributed by atoms with Gasteiger partial charge in [0.25, 0.3) is 0 Å². The van der Waals surface area contributed by atoms with Gasteiger partial charge in [-0.3, -0.25) is 9.97 Å². The van der Waals surface area contributed by atoms with Gasteiger partial charge in [-0.05, 0) is 66.4 Å². The maximum absolute atomic E-state index is 14.6. The summed E-state index contributed by atoms with van der Waals surface area (Å²) >= 11 is 6.02. The van der Waals surface area contributed by atoms with Crippen molar-refractivity contribution in [1.82, 2.24) is 20.6 Å². The van der Waals surface area contributed by atoms with Crippen LogP contribution in [0.4, 0.5) is 22.4 Å². The van der Waals surface area contributed by atoms with Gasteiger partial charge in [0.15, 0.2) is 0 Å². The first-order valence-electron chi connectivity index (χ1n) is 11.1. The van der Waals surface area contributed by atoms with Crippen LogP contribution < -0.4 is 10.6 Å². The van der Waals surface area contributed by atoms with Crippen molar-refractivity contribution in [3.8, 4) is 0 Å². The summed E-state index contributed by atoms with van der Waals surface area (Å²) in [6, 6.07) is 8.00. The Kier molecular flexibility index (Phi) is 7.25. The number of halogens is 5. The number of hydrogen-bond donors (Lipinski definition) is 2. The second kappa shape index (κ2) is 10.2. The van der Waals surface area contributed by atoms with Gasteiger partial charge in [0.1, 0.15) is 11.4 Å². The second-order valence-corrected chi connectivity index (χ2v) is 9.04. The lowest BCUT2D eigenvalue weighted by molar-refractivity contribution is -0.137. The van der Waals surface area contributed by atoms with E-state index in [1.54, 1.807) is 12.1 Å². The first kappa shape index (κ1) is 24.9. The number of urea groups is 1. The Morgan fingerprint density at radius 3 is 2.34 bits per heavy atom. The number of carbonyl (C=O) groups is 1. The maximum Gasteiger partial charge on any atom is 0.416 e. The van der Waals surface area contributed by atoms with E-state index in [1.165, 1.54) is 30.7 Å². The number of pyridine rings is 2. The molecule has 1 atom stereocenters. The van der Waals surface area contributed by atoms with E-state index in [1.807, 2.05) is 0 Å². The number of alkyl halides is 3. The van der Waals surface area contributed by atoms with Crippen molar-refractivity contribution in [3.63, 3.8) is 0 Å². The third-order valence-corrected chi connectivity index (χ3v) is 6.34. The summed E-state index contributed by atoms with van der Waals surface area (Å²) in [5.41, 5.74) is -2.05. The molecule has 1 aliphatic rings. The summed E-state index contributed by atoms with van der Waals surface area (Å²) in [5.74, 6) is -1.08. The fourth-order valence-corrected chi connectivity index (χ4v) is 4.55. The van der Waals surface area contributed by atoms with E-state index in [9.17, 15) is 22.4 Å². The molecule has 2 aromatic heterocycles. The van der Waals surface area contributed by atoms with E-state index in [4.69, 9.17) is 11.6 Å². The Morgan fingerprint density at radius 1 is 1.03 bits per heavy atom. The summed E-state index contributed by atoms with van der Waals surface area (Å²) in [6.07, 6.45) is 3.15. The highest BCUT2D eigenvalue weighted by Crippen LogP contribution is 2.38. The van der Waals surface area contributed by atoms with Gasteiger partial charge in [0.2, 0.25) is 0 Å². The standard InChI is InChI=1S/C25H23ClF4N4O/c26-19-5-6-22(32-15-19)24(14-16-7-9-31-10-8-16,34-23(35)33-21-3-1-2-4-21)17-11-18(25(28,29)30)13-20(27)12-17/h5-13,15,21H,1-4,14H2,(H2,33,34,35)/t24-/m0/s1. The van der Waals surface area contributed by atoms with Gasteiger partial charge in [0, 0.05) is 31.1 Å². The van der Waals surface area contributed by atoms with Gasteiger partial charge < -0.3 is 10.6 Å². The average Bonchev–Trinajstić information content (AvgIpc) is 3.31. The first-order chi connectivity index (χ1) is 16.7. The topological polar surface area (TPSA) is 66.9 Å². The number of nitrogens with zero attached hydrogens (tertiary/aromatic N) is 2. The van der Waals surface area contributed by atoms with Gasteiger partial charge in [-0.25, -0.2) is 9.18 Å². The fourth-order valence-electron chi connectivity index (χ4n) is 4.44. The minimum Gasteiger partial charge on any atom is -0.335 e. The van der Waals surface area contributed by atoms with Crippen molar-refractivity contribution in [2.75, 3.05) is 0 Å². The fraction of sp³-hybridized carbons (Fsp3) is 0.320. The van der Waals surface area contributed by atoms with Crippen molar-refractivity contribution < 1.29 is 22.4 Å². The van der Waals surface area contributed by atoms with Crippen molar-refractivity contribution in [1.29, 1.82) is 0 Å². The molecule has 0 aliphatic heterocycles. The number of aromatic nitrogens is 2. The minimum atomic E-state index is -4.79. The smallest absolute Gasteiger partial charge is 0.335 e. The van der Waals surface area contributed by atoms with Gasteiger partial charge >= 0.3 is 12.2 Å². The van der Waals surface area contributed by atoms with Crippen LogP contribution in [-0.2, 0) is 18.1 Å². The van der Waals surface area contributed by atoms with Crippen molar-refractivity contribution in [2.24, 2.45) is 0 Å². The van der Waals surface area contributed by atoms with Crippen LogP contribution in [0.5, 0.6) is 0 Å². The molecule has 2 N–H and O–H groups in total. The Hall–Kier alpha value is -3.20. The lowest BCUT2D eigenvalue weighted by atomic mass is 9.80. The lowest BCUT2D eigenvalue weighted by Crippen LogP contribution is -2.54. The predicted molar refractivity (Wildman–Crippen MR) is 123 cm³/mol. The molecule has 0 unspecified atom stereocenters. The summed E-state index contributed by atoms with van der Waals surface area (Å²) in [7, 11) is 0. The number of amides is 2. The summed E-state index contributed by atoms with van der Waals surface area (Å²) < 4.78 is 55.5. The van der Waals surface area contributed by atoms with Crippen LogP contribution in [-0.4, -0.2) is 22.0 Å². The molecule has 3 aromatic rings. The number of hydrogen-bond acceptors (Lipinski definition) is 3. The molecule has 0 spiro atoms. The normalized spacial score (nSPS) is 16.0. The van der Waals surface area contributed by atoms with Crippen LogP contribution in [0.2, 0.25) is 5.02 Å². The van der Waals surface area contributed by atoms with Crippen molar-refractivity contribution >= 4 is 17.6 Å². The first-order valence-corrected chi connectivity index (χ1v) is 11.5. The Morgan fingerprint density at radius 2 is 1.71 bits per heavy atom. The highest BCUT2D eigenvalue weighted by molar-refractivity contribution is 6.30. The molecular weight excluding hydrogens is 484 g/mol. The van der Waals surface area contributed by atoms with Crippen LogP contribution in [0, 0.1) is 5.82 Å². The molecule has 1 fully saturated rings. The quantitative estimate of drug-likeness (QED) is 0.402. The molecule has 5 nitrogen and oxygen atoms in total. The zero-order valence-corrected chi connectivity index (χ0v) is 19.3. The molecule has 184 valence electrons. The monoisotopic (exact) mass is 506 g/mol. The number of nitrogens with one attached hydrogen (secondary N) is 2. The van der Waals surface area contributed by atoms with Crippen LogP contribution in [0.25, 0.3) is 0 Å². The zero-order valence-electron chi connectivity index (χ0n) is 18.6. The molecule has 10 heteroatoms. The van der Waals surface area contributed by atoms with E-state index in [0.717, 1.165) is 37.8 Å². The highest BCUT2D eigenvalue weighted by Gasteiger charge is 2.41. The summed E-state index contributed by atoms with van der Waals surface area (Å²) in [6.45, 7) is 0. The average molecular weight is 507 g/mol. The van der Waals surface area contributed by atoms with E-state index in [0.29, 0.717) is 16.7 Å². The molecular formula is C25H23ClF4N4O. The van der Waals surface area contributed by atoms with Crippen LogP contribution in [0.15, 0.2) is 61.1 Å². The molecule has 1 aliphatic carbocycles. The molecule has 4 rings (SSSR count). The molecule has 35 heavy (non-hydrogen) atoms. The predicted octanol–water partition coefficient (Wildman–Crippen LogP) is 6.02. The lowest BCUT2D eigenvalue weighted by Gasteiger charge is -2.36. The minimum absolute atomic E-state index is 0.0109. The highest BCUT2D eigenvalue weighted by atomic mass is 35.5. The largest absolute Gasteiger partial charge is 0.416 e. The molecule has 0 radical (unpaired) electrons. The summed E-state index contributed by atoms with van der Waals surface area (Å²) in [4.78, 5) is 21.5. The van der Waals surface area contributed by atoms with E-state index in [-0.39, 0.29) is 23.7 Å². The molecule has 1 aromatic carbocycles. The number of rotatable bonds is 6. The van der Waals surface area contributed by atoms with E-state index < -0.39 is 29.1 Å². The van der Waals surface area contributed by atoms with Crippen LogP contribution in [0.3, 0.4) is 0 Å². The van der Waals surface area contributed by atoms with Gasteiger partial charge in [-0.15, -0.1) is 0 Å². The van der Waals surface area contributed by atoms with Crippen LogP contribution in [0.1, 0.15) is 48.1 Å². The van der Waals surface area contributed by atoms with Crippen LogP contribution >= 0.6 is 11.6 Å². The molecule has 2 amide bonds. The SMILES string of the molecule is O=C(NC1CCCC1)N[C@@](Cc1ccncc1)(c1cc(F)cc(C(F)(F)F)c1)c1ccc(Cl)cn1. The molecule has 2 heterocycles. The summed E-state index contributed by atoms with van der Waals surface area (Å²) in [5, 5.41) is 6.05. The Bertz CT molecular complexity index is 1170. The van der Waals surface area contributed by atoms with Gasteiger partial charge in [0.05, 0.1) is 16.3 Å². The Balaban J connectivity index is 1.89. The maximum atomic E-state index is 14.6. The van der Waals surface area contributed by atoms with Gasteiger partial charge in [-0.1, -0.05) is 24.4 Å². The molecule has 0 bridgehead atoms. The third-order valence-electron chi connectivity index (χ3n) is 6.12. The number of benzene rings is 1. The van der Waals surface area contributed by atoms with Crippen molar-refractivity contribution in [2.45, 2.75) is 49.9 Å². The van der Waals surface area contributed by atoms with E-state index in [2.05, 4.69) is 20.6 Å². The second-order valence-electron chi connectivity index (χ2n) is 8.61. The zero-order chi connectivity index (χ0) is 25.1. The number of carbonyl (C=O) groups excluding carboxylic acids is 1. The third kappa shape index (κ3) is 5.90. The Labute approximate surface area is 204 Å². The molecule has 0 saturated heterocycles. The molecule has 1 saturated carbocycles.